The number of hydrogen-bond donors (Lipinski definition) is 2. The number of aryl methyl sites for hydroxylation is 1. The van der Waals surface area contributed by atoms with Crippen LogP contribution in [0.2, 0.25) is 0 Å². The van der Waals surface area contributed by atoms with E-state index in [0.717, 1.165) is 37.5 Å². The molecule has 4 N–H and O–H groups in total. The van der Waals surface area contributed by atoms with Crippen LogP contribution in [0.5, 0.6) is 11.5 Å². The normalized spacial score (nSPS) is 18.3. The van der Waals surface area contributed by atoms with E-state index in [9.17, 15) is 40.1 Å². The average molecular weight is 690 g/mol. The molecule has 14 heteroatoms. The van der Waals surface area contributed by atoms with Crippen molar-refractivity contribution in [2.24, 2.45) is 4.99 Å². The van der Waals surface area contributed by atoms with Crippen LogP contribution >= 0.6 is 0 Å². The van der Waals surface area contributed by atoms with E-state index >= 15 is 0 Å². The molecule has 1 aromatic rings. The molecule has 3 aliphatic carbocycles. The first-order valence-corrected chi connectivity index (χ1v) is 14.6. The number of phenolic OH excluding ortho intramolecular Hbond substituents is 2. The number of benzene rings is 1. The van der Waals surface area contributed by atoms with E-state index in [-0.39, 0.29) is 80.8 Å². The summed E-state index contributed by atoms with van der Waals surface area (Å²) in [6.45, 7) is 4.73. The summed E-state index contributed by atoms with van der Waals surface area (Å²) >= 11 is 0. The Kier molecular flexibility index (Phi) is 17.2. The number of aromatic hydroxyl groups is 2. The van der Waals surface area contributed by atoms with Gasteiger partial charge in [0.1, 0.15) is 28.7 Å². The molecular formula is C33H37CrN2O11. The van der Waals surface area contributed by atoms with Crippen LogP contribution in [0, 0.1) is 10.4 Å². The number of nitrogens with zero attached hydrogens (tertiary/aromatic N) is 2. The summed E-state index contributed by atoms with van der Waals surface area (Å²) in [6.07, 6.45) is 11.2. The van der Waals surface area contributed by atoms with Gasteiger partial charge in [-0.1, -0.05) is 13.8 Å². The summed E-state index contributed by atoms with van der Waals surface area (Å²) < 4.78 is 11.1. The van der Waals surface area contributed by atoms with Crippen LogP contribution < -0.4 is 5.11 Å². The zero-order chi connectivity index (χ0) is 32.9. The Morgan fingerprint density at radius 1 is 0.979 bits per heavy atom. The molecule has 47 heavy (non-hydrogen) atoms. The van der Waals surface area contributed by atoms with Gasteiger partial charge in [0.25, 0.3) is 0 Å². The smallest absolute Gasteiger partial charge is 0.875 e. The van der Waals surface area contributed by atoms with Crippen LogP contribution in [0.4, 0.5) is 0 Å². The third kappa shape index (κ3) is 12.0. The predicted molar refractivity (Wildman–Crippen MR) is 168 cm³/mol. The molecule has 251 valence electrons. The largest absolute Gasteiger partial charge is 3.00 e. The molecule has 13 nitrogen and oxygen atoms in total. The molecule has 1 radical (unpaired) electrons. The number of Topliss-reactive ketones (excluding diaryl/α,β-unsaturated/α-hetero) is 1. The molecule has 0 saturated heterocycles. The van der Waals surface area contributed by atoms with Crippen molar-refractivity contribution in [2.45, 2.75) is 58.8 Å². The van der Waals surface area contributed by atoms with E-state index < -0.39 is 11.0 Å². The fourth-order valence-corrected chi connectivity index (χ4v) is 4.38. The maximum atomic E-state index is 12.4. The number of ether oxygens (including phenoxy) is 2. The molecule has 0 bridgehead atoms. The van der Waals surface area contributed by atoms with E-state index in [1.54, 1.807) is 6.08 Å². The molecule has 1 saturated carbocycles. The van der Waals surface area contributed by atoms with Gasteiger partial charge in [0, 0.05) is 30.5 Å². The van der Waals surface area contributed by atoms with Gasteiger partial charge in [0.05, 0.1) is 18.8 Å². The van der Waals surface area contributed by atoms with Crippen molar-refractivity contribution in [2.75, 3.05) is 13.2 Å². The minimum Gasteiger partial charge on any atom is -0.875 e. The van der Waals surface area contributed by atoms with Crippen LogP contribution in [0.3, 0.4) is 0 Å². The summed E-state index contributed by atoms with van der Waals surface area (Å²) in [6, 6.07) is 4.21. The Labute approximate surface area is 283 Å². The SMILES string of the molecule is CCCOC1=CC(=O)C(=CN=C2C=C(N([O-])[O-])C=CC2=O)C(OCCC)=C1.O.O=C1CCCC1=C([O-])CCc1cc(O)ccc1O.[Cr+3]. The van der Waals surface area contributed by atoms with Crippen LogP contribution in [-0.4, -0.2) is 57.2 Å². The summed E-state index contributed by atoms with van der Waals surface area (Å²) in [5.74, 6) is -0.245. The number of hydrogen-bond acceptors (Lipinski definition) is 12. The topological polar surface area (TPSA) is 226 Å². The standard InChI is InChI=1S/C19H20N2O6.C14H16O4.Cr.H2O/c1-3-7-26-14-10-18(23)15(19(11-14)27-8-4-2)12-20-16-9-13(21(24)25)5-6-17(16)22;15-10-5-7-12(16)9(8-10)4-6-14(18)11-2-1-3-13(11)17;;/h5-6,9-12H,3-4,7-8H2,1-2H3;5,7-8,15-16,18H,1-4,6H2;;1H2/q-2;;+3;/p-1. The van der Waals surface area contributed by atoms with Crippen molar-refractivity contribution in [3.63, 3.8) is 0 Å². The van der Waals surface area contributed by atoms with Gasteiger partial charge in [0.15, 0.2) is 11.6 Å². The molecule has 0 aromatic heterocycles. The third-order valence-electron chi connectivity index (χ3n) is 6.69. The molecule has 0 amide bonds. The van der Waals surface area contributed by atoms with E-state index in [0.29, 0.717) is 49.4 Å². The maximum absolute atomic E-state index is 12.4. The van der Waals surface area contributed by atoms with Gasteiger partial charge in [-0.05, 0) is 86.1 Å². The van der Waals surface area contributed by atoms with Gasteiger partial charge >= 0.3 is 17.4 Å². The minimum absolute atomic E-state index is 0. The second-order valence-electron chi connectivity index (χ2n) is 10.2. The number of aliphatic imine (C=N–C) groups is 1. The Morgan fingerprint density at radius 3 is 2.32 bits per heavy atom. The van der Waals surface area contributed by atoms with Crippen molar-refractivity contribution < 1.29 is 62.0 Å². The quantitative estimate of drug-likeness (QED) is 0.112. The monoisotopic (exact) mass is 689 g/mol. The fourth-order valence-electron chi connectivity index (χ4n) is 4.38. The molecule has 1 fully saturated rings. The maximum Gasteiger partial charge on any atom is 3.00 e. The zero-order valence-electron chi connectivity index (χ0n) is 26.0. The van der Waals surface area contributed by atoms with Crippen LogP contribution in [0.1, 0.15) is 57.9 Å². The first-order chi connectivity index (χ1) is 21.5. The fraction of sp³-hybridized carbons (Fsp3) is 0.333. The molecule has 0 spiro atoms. The van der Waals surface area contributed by atoms with E-state index in [1.807, 2.05) is 13.8 Å². The zero-order valence-corrected chi connectivity index (χ0v) is 27.3. The average Bonchev–Trinajstić information content (AvgIpc) is 3.45. The van der Waals surface area contributed by atoms with Crippen molar-refractivity contribution in [3.05, 3.63) is 105 Å². The second kappa shape index (κ2) is 19.9. The van der Waals surface area contributed by atoms with Gasteiger partial charge < -0.3 is 45.9 Å². The molecule has 1 aromatic carbocycles. The first-order valence-electron chi connectivity index (χ1n) is 14.6. The number of carbonyl (C=O) groups is 3. The van der Waals surface area contributed by atoms with Gasteiger partial charge in [-0.2, -0.15) is 0 Å². The molecule has 3 aliphatic rings. The minimum atomic E-state index is -0.618. The molecule has 0 heterocycles. The number of ketones is 3. The van der Waals surface area contributed by atoms with Gasteiger partial charge in [-0.15, -0.1) is 5.76 Å². The van der Waals surface area contributed by atoms with E-state index in [4.69, 9.17) is 9.47 Å². The summed E-state index contributed by atoms with van der Waals surface area (Å²) in [5, 5.41) is 51.8. The summed E-state index contributed by atoms with van der Waals surface area (Å²) in [7, 11) is 0. The Bertz CT molecular complexity index is 1520. The van der Waals surface area contributed by atoms with E-state index in [1.165, 1.54) is 30.5 Å². The number of rotatable bonds is 11. The number of carbonyl (C=O) groups excluding carboxylic acids is 3. The molecular weight excluding hydrogens is 652 g/mol. The Morgan fingerprint density at radius 2 is 1.68 bits per heavy atom. The van der Waals surface area contributed by atoms with Crippen molar-refractivity contribution >= 4 is 23.1 Å². The van der Waals surface area contributed by atoms with Crippen molar-refractivity contribution in [1.82, 2.24) is 5.23 Å². The van der Waals surface area contributed by atoms with Crippen LogP contribution in [0.25, 0.3) is 0 Å². The van der Waals surface area contributed by atoms with E-state index in [2.05, 4.69) is 4.99 Å². The molecule has 0 unspecified atom stereocenters. The summed E-state index contributed by atoms with van der Waals surface area (Å²) in [5.41, 5.74) is 0.702. The number of hydroxylamine groups is 2. The molecule has 0 atom stereocenters. The summed E-state index contributed by atoms with van der Waals surface area (Å²) in [4.78, 5) is 39.7. The Hall–Kier alpha value is -4.45. The molecule has 0 aliphatic heterocycles. The third-order valence-corrected chi connectivity index (χ3v) is 6.69. The number of allylic oxidation sites excluding steroid dienone is 8. The first kappa shape index (κ1) is 40.6. The van der Waals surface area contributed by atoms with Crippen LogP contribution in [-0.2, 0) is 47.6 Å². The van der Waals surface area contributed by atoms with Crippen molar-refractivity contribution in [3.8, 4) is 11.5 Å². The Balaban J connectivity index is 0.000000483. The predicted octanol–water partition coefficient (Wildman–Crippen LogP) is 3.41. The second-order valence-corrected chi connectivity index (χ2v) is 10.2. The van der Waals surface area contributed by atoms with Gasteiger partial charge in [-0.25, -0.2) is 0 Å². The van der Waals surface area contributed by atoms with Gasteiger partial charge in [-0.3, -0.25) is 19.4 Å². The number of phenols is 2. The van der Waals surface area contributed by atoms with Crippen LogP contribution in [0.15, 0.2) is 93.9 Å². The van der Waals surface area contributed by atoms with Gasteiger partial charge in [0.2, 0.25) is 5.78 Å². The molecule has 4 rings (SSSR count). The van der Waals surface area contributed by atoms with Crippen molar-refractivity contribution in [1.29, 1.82) is 0 Å².